The number of pyridine rings is 1. The maximum absolute atomic E-state index is 12.3. The number of nitrogens with zero attached hydrogens (tertiary/aromatic N) is 2. The minimum atomic E-state index is -0.645. The van der Waals surface area contributed by atoms with E-state index < -0.39 is 5.54 Å². The molecule has 112 valence electrons. The van der Waals surface area contributed by atoms with E-state index in [1.165, 1.54) is 0 Å². The fourth-order valence-corrected chi connectivity index (χ4v) is 3.44. The van der Waals surface area contributed by atoms with Crippen LogP contribution in [0.1, 0.15) is 43.7 Å². The molecule has 1 aliphatic heterocycles. The Morgan fingerprint density at radius 1 is 1.33 bits per heavy atom. The van der Waals surface area contributed by atoms with Gasteiger partial charge in [-0.3, -0.25) is 15.1 Å². The normalized spacial score (nSPS) is 29.0. The van der Waals surface area contributed by atoms with Gasteiger partial charge in [0.25, 0.3) is 5.91 Å². The fourth-order valence-electron chi connectivity index (χ4n) is 3.44. The highest BCUT2D eigenvalue weighted by Crippen LogP contribution is 2.40. The molecule has 0 atom stereocenters. The Bertz CT molecular complexity index is 577. The van der Waals surface area contributed by atoms with Gasteiger partial charge in [0.05, 0.1) is 6.54 Å². The molecule has 5 heteroatoms. The van der Waals surface area contributed by atoms with Gasteiger partial charge in [-0.25, -0.2) is 4.79 Å². The van der Waals surface area contributed by atoms with Crippen LogP contribution in [-0.4, -0.2) is 27.4 Å². The SMILES string of the molecule is Cc1cncc(CN2C(=O)NC(=O)C23CCC(C)CC3)c1. The summed E-state index contributed by atoms with van der Waals surface area (Å²) in [5.74, 6) is 0.502. The molecule has 1 N–H and O–H groups in total. The Kier molecular flexibility index (Phi) is 3.43. The molecule has 0 bridgehead atoms. The first-order chi connectivity index (χ1) is 10.0. The van der Waals surface area contributed by atoms with Gasteiger partial charge >= 0.3 is 6.03 Å². The fraction of sp³-hybridized carbons (Fsp3) is 0.562. The minimum Gasteiger partial charge on any atom is -0.305 e. The predicted molar refractivity (Wildman–Crippen MR) is 78.4 cm³/mol. The largest absolute Gasteiger partial charge is 0.325 e. The summed E-state index contributed by atoms with van der Waals surface area (Å²) >= 11 is 0. The Balaban J connectivity index is 1.87. The van der Waals surface area contributed by atoms with Crippen LogP contribution in [0.3, 0.4) is 0 Å². The average Bonchev–Trinajstić information content (AvgIpc) is 2.66. The second kappa shape index (κ2) is 5.13. The van der Waals surface area contributed by atoms with Crippen molar-refractivity contribution < 1.29 is 9.59 Å². The number of carbonyl (C=O) groups is 2. The molecular formula is C16H21N3O2. The lowest BCUT2D eigenvalue weighted by Gasteiger charge is -2.40. The van der Waals surface area contributed by atoms with Crippen molar-refractivity contribution in [2.24, 2.45) is 5.92 Å². The smallest absolute Gasteiger partial charge is 0.305 e. The number of aromatic nitrogens is 1. The molecule has 1 aromatic rings. The molecule has 3 amide bonds. The third-order valence-corrected chi connectivity index (χ3v) is 4.78. The molecule has 2 fully saturated rings. The molecule has 1 saturated carbocycles. The van der Waals surface area contributed by atoms with Gasteiger partial charge in [-0.05, 0) is 49.7 Å². The van der Waals surface area contributed by atoms with E-state index in [0.29, 0.717) is 12.5 Å². The van der Waals surface area contributed by atoms with Crippen LogP contribution in [0.15, 0.2) is 18.5 Å². The zero-order valence-corrected chi connectivity index (χ0v) is 12.6. The van der Waals surface area contributed by atoms with E-state index in [9.17, 15) is 9.59 Å². The molecule has 1 aromatic heterocycles. The number of nitrogens with one attached hydrogen (secondary N) is 1. The lowest BCUT2D eigenvalue weighted by molar-refractivity contribution is -0.128. The van der Waals surface area contributed by atoms with Crippen molar-refractivity contribution in [2.45, 2.75) is 51.6 Å². The predicted octanol–water partition coefficient (Wildman–Crippen LogP) is 2.39. The number of aryl methyl sites for hydroxylation is 1. The first-order valence-electron chi connectivity index (χ1n) is 7.55. The zero-order chi connectivity index (χ0) is 15.0. The summed E-state index contributed by atoms with van der Waals surface area (Å²) in [6.07, 6.45) is 7.04. The molecule has 3 rings (SSSR count). The number of urea groups is 1. The van der Waals surface area contributed by atoms with Gasteiger partial charge in [-0.1, -0.05) is 13.0 Å². The Morgan fingerprint density at radius 2 is 2.05 bits per heavy atom. The van der Waals surface area contributed by atoms with E-state index in [-0.39, 0.29) is 11.9 Å². The summed E-state index contributed by atoms with van der Waals surface area (Å²) in [6.45, 7) is 4.63. The zero-order valence-electron chi connectivity index (χ0n) is 12.6. The highest BCUT2D eigenvalue weighted by atomic mass is 16.2. The van der Waals surface area contributed by atoms with Crippen LogP contribution < -0.4 is 5.32 Å². The van der Waals surface area contributed by atoms with Crippen molar-refractivity contribution in [3.63, 3.8) is 0 Å². The lowest BCUT2D eigenvalue weighted by atomic mass is 9.76. The van der Waals surface area contributed by atoms with Crippen LogP contribution in [0.5, 0.6) is 0 Å². The van der Waals surface area contributed by atoms with Crippen molar-refractivity contribution >= 4 is 11.9 Å². The van der Waals surface area contributed by atoms with E-state index in [1.54, 1.807) is 17.3 Å². The van der Waals surface area contributed by atoms with Crippen LogP contribution in [-0.2, 0) is 11.3 Å². The van der Waals surface area contributed by atoms with Gasteiger partial charge in [0.15, 0.2) is 0 Å². The minimum absolute atomic E-state index is 0.125. The maximum Gasteiger partial charge on any atom is 0.325 e. The first kappa shape index (κ1) is 14.0. The van der Waals surface area contributed by atoms with Gasteiger partial charge in [-0.15, -0.1) is 0 Å². The Morgan fingerprint density at radius 3 is 2.71 bits per heavy atom. The summed E-state index contributed by atoms with van der Waals surface area (Å²) in [5.41, 5.74) is 1.38. The van der Waals surface area contributed by atoms with E-state index >= 15 is 0 Å². The van der Waals surface area contributed by atoms with Gasteiger partial charge in [0, 0.05) is 12.4 Å². The van der Waals surface area contributed by atoms with E-state index in [4.69, 9.17) is 0 Å². The molecule has 0 radical (unpaired) electrons. The highest BCUT2D eigenvalue weighted by Gasteiger charge is 2.53. The van der Waals surface area contributed by atoms with E-state index in [2.05, 4.69) is 17.2 Å². The molecule has 5 nitrogen and oxygen atoms in total. The molecule has 2 aliphatic rings. The topological polar surface area (TPSA) is 62.3 Å². The number of hydrogen-bond acceptors (Lipinski definition) is 3. The molecule has 2 heterocycles. The van der Waals surface area contributed by atoms with Crippen molar-refractivity contribution in [2.75, 3.05) is 0 Å². The summed E-state index contributed by atoms with van der Waals surface area (Å²) in [4.78, 5) is 30.4. The van der Waals surface area contributed by atoms with Gasteiger partial charge in [0.2, 0.25) is 0 Å². The highest BCUT2D eigenvalue weighted by molar-refractivity contribution is 6.07. The van der Waals surface area contributed by atoms with Crippen LogP contribution in [0, 0.1) is 12.8 Å². The van der Waals surface area contributed by atoms with Gasteiger partial charge in [-0.2, -0.15) is 0 Å². The molecule has 1 spiro atoms. The third-order valence-electron chi connectivity index (χ3n) is 4.78. The number of amides is 3. The number of hydrogen-bond donors (Lipinski definition) is 1. The lowest BCUT2D eigenvalue weighted by Crippen LogP contribution is -2.51. The molecule has 1 saturated heterocycles. The van der Waals surface area contributed by atoms with Crippen molar-refractivity contribution in [1.82, 2.24) is 15.2 Å². The Hall–Kier alpha value is -1.91. The molecule has 21 heavy (non-hydrogen) atoms. The molecular weight excluding hydrogens is 266 g/mol. The second-order valence-electron chi connectivity index (χ2n) is 6.43. The monoisotopic (exact) mass is 287 g/mol. The quantitative estimate of drug-likeness (QED) is 0.850. The van der Waals surface area contributed by atoms with Crippen molar-refractivity contribution in [3.05, 3.63) is 29.6 Å². The van der Waals surface area contributed by atoms with E-state index in [1.807, 2.05) is 13.0 Å². The van der Waals surface area contributed by atoms with Crippen molar-refractivity contribution in [3.8, 4) is 0 Å². The number of carbonyl (C=O) groups excluding carboxylic acids is 2. The first-order valence-corrected chi connectivity index (χ1v) is 7.55. The summed E-state index contributed by atoms with van der Waals surface area (Å²) in [6, 6.07) is 1.75. The summed E-state index contributed by atoms with van der Waals surface area (Å²) < 4.78 is 0. The third kappa shape index (κ3) is 2.41. The standard InChI is InChI=1S/C16H21N3O2/c1-11-3-5-16(6-4-11)14(20)18-15(21)19(16)10-13-7-12(2)8-17-9-13/h7-9,11H,3-6,10H2,1-2H3,(H,18,20,21). The summed E-state index contributed by atoms with van der Waals surface area (Å²) in [5, 5.41) is 2.50. The molecule has 0 aromatic carbocycles. The van der Waals surface area contributed by atoms with Crippen LogP contribution in [0.2, 0.25) is 0 Å². The Labute approximate surface area is 124 Å². The molecule has 0 unspecified atom stereocenters. The number of imide groups is 1. The van der Waals surface area contributed by atoms with Crippen LogP contribution in [0.4, 0.5) is 4.79 Å². The second-order valence-corrected chi connectivity index (χ2v) is 6.43. The van der Waals surface area contributed by atoms with Crippen LogP contribution in [0.25, 0.3) is 0 Å². The van der Waals surface area contributed by atoms with Gasteiger partial charge < -0.3 is 4.90 Å². The number of rotatable bonds is 2. The average molecular weight is 287 g/mol. The van der Waals surface area contributed by atoms with Crippen LogP contribution >= 0.6 is 0 Å². The van der Waals surface area contributed by atoms with E-state index in [0.717, 1.165) is 36.8 Å². The van der Waals surface area contributed by atoms with Crippen molar-refractivity contribution in [1.29, 1.82) is 0 Å². The van der Waals surface area contributed by atoms with Gasteiger partial charge in [0.1, 0.15) is 5.54 Å². The summed E-state index contributed by atoms with van der Waals surface area (Å²) in [7, 11) is 0. The maximum atomic E-state index is 12.3. The molecule has 1 aliphatic carbocycles.